The number of hydrogen-bond donors (Lipinski definition) is 1. The molecule has 13 heavy (non-hydrogen) atoms. The molecule has 0 fully saturated rings. The average Bonchev–Trinajstić information content (AvgIpc) is 1.82. The molecule has 0 heterocycles. The summed E-state index contributed by atoms with van der Waals surface area (Å²) in [5.41, 5.74) is 4.39. The van der Waals surface area contributed by atoms with E-state index in [0.29, 0.717) is 0 Å². The summed E-state index contributed by atoms with van der Waals surface area (Å²) in [7, 11) is 0. The van der Waals surface area contributed by atoms with Crippen LogP contribution in [0.15, 0.2) is 0 Å². The highest BCUT2D eigenvalue weighted by Gasteiger charge is 2.31. The van der Waals surface area contributed by atoms with Crippen molar-refractivity contribution >= 4 is 12.1 Å². The molecule has 0 saturated carbocycles. The van der Waals surface area contributed by atoms with Crippen LogP contribution in [0.2, 0.25) is 0 Å². The molecule has 2 N–H and O–H groups in total. The number of amides is 3. The molecule has 3 amide bonds. The minimum Gasteiger partial charge on any atom is -0.449 e. The zero-order valence-corrected chi connectivity index (χ0v) is 8.46. The van der Waals surface area contributed by atoms with Gasteiger partial charge in [-0.15, -0.1) is 0 Å². The molecule has 0 aromatic rings. The Balaban J connectivity index is 4.63. The van der Waals surface area contributed by atoms with Crippen LogP contribution in [0.3, 0.4) is 0 Å². The Morgan fingerprint density at radius 1 is 1.38 bits per heavy atom. The third-order valence-corrected chi connectivity index (χ3v) is 1.34. The van der Waals surface area contributed by atoms with Gasteiger partial charge in [-0.2, -0.15) is 0 Å². The van der Waals surface area contributed by atoms with E-state index in [9.17, 15) is 9.59 Å². The number of nitrogens with two attached hydrogens (primary N) is 1. The van der Waals surface area contributed by atoms with Crippen LogP contribution in [0.4, 0.5) is 9.59 Å². The highest BCUT2D eigenvalue weighted by atomic mass is 16.6. The predicted octanol–water partition coefficient (Wildman–Crippen LogP) is 1.32. The summed E-state index contributed by atoms with van der Waals surface area (Å²) in [5.74, 6) is 0. The molecular weight excluding hydrogens is 172 g/mol. The van der Waals surface area contributed by atoms with Crippen molar-refractivity contribution in [3.8, 4) is 0 Å². The summed E-state index contributed by atoms with van der Waals surface area (Å²) in [5, 5.41) is 0. The molecule has 0 aliphatic carbocycles. The van der Waals surface area contributed by atoms with E-state index >= 15 is 0 Å². The van der Waals surface area contributed by atoms with Gasteiger partial charge in [-0.25, -0.2) is 14.5 Å². The SMILES string of the molecule is CCOC(=O)N(C(N)=O)C(C)(C)C. The van der Waals surface area contributed by atoms with Gasteiger partial charge in [0.1, 0.15) is 0 Å². The molecule has 0 spiro atoms. The number of ether oxygens (including phenoxy) is 1. The van der Waals surface area contributed by atoms with Crippen LogP contribution in [-0.4, -0.2) is 29.2 Å². The number of rotatable bonds is 1. The molecule has 0 atom stereocenters. The van der Waals surface area contributed by atoms with E-state index in [1.54, 1.807) is 27.7 Å². The number of imide groups is 1. The van der Waals surface area contributed by atoms with Gasteiger partial charge in [0.2, 0.25) is 0 Å². The fraction of sp³-hybridized carbons (Fsp3) is 0.750. The standard InChI is InChI=1S/C8H16N2O3/c1-5-13-7(12)10(6(9)11)8(2,3)4/h5H2,1-4H3,(H2,9,11). The molecule has 0 unspecified atom stereocenters. The van der Waals surface area contributed by atoms with Gasteiger partial charge in [0.05, 0.1) is 6.61 Å². The summed E-state index contributed by atoms with van der Waals surface area (Å²) in [6.07, 6.45) is -0.706. The fourth-order valence-electron chi connectivity index (χ4n) is 0.882. The lowest BCUT2D eigenvalue weighted by molar-refractivity contribution is 0.0888. The van der Waals surface area contributed by atoms with Crippen LogP contribution in [0.1, 0.15) is 27.7 Å². The molecule has 5 heteroatoms. The Labute approximate surface area is 77.8 Å². The second-order valence-electron chi connectivity index (χ2n) is 3.54. The van der Waals surface area contributed by atoms with Crippen molar-refractivity contribution in [2.45, 2.75) is 33.2 Å². The molecule has 76 valence electrons. The van der Waals surface area contributed by atoms with Gasteiger partial charge in [-0.3, -0.25) is 0 Å². The van der Waals surface area contributed by atoms with E-state index in [0.717, 1.165) is 4.90 Å². The predicted molar refractivity (Wildman–Crippen MR) is 48.2 cm³/mol. The smallest absolute Gasteiger partial charge is 0.418 e. The van der Waals surface area contributed by atoms with E-state index in [4.69, 9.17) is 5.73 Å². The molecule has 0 aliphatic heterocycles. The Bertz CT molecular complexity index is 208. The number of carbonyl (C=O) groups excluding carboxylic acids is 2. The largest absolute Gasteiger partial charge is 0.449 e. The monoisotopic (exact) mass is 188 g/mol. The summed E-state index contributed by atoms with van der Waals surface area (Å²) in [6, 6.07) is -0.800. The van der Waals surface area contributed by atoms with Gasteiger partial charge in [0, 0.05) is 5.54 Å². The lowest BCUT2D eigenvalue weighted by atomic mass is 10.1. The first kappa shape index (κ1) is 11.7. The molecule has 0 bridgehead atoms. The quantitative estimate of drug-likeness (QED) is 0.674. The van der Waals surface area contributed by atoms with Gasteiger partial charge in [0.15, 0.2) is 0 Å². The molecule has 0 radical (unpaired) electrons. The van der Waals surface area contributed by atoms with Gasteiger partial charge >= 0.3 is 12.1 Å². The van der Waals surface area contributed by atoms with Crippen molar-refractivity contribution in [2.75, 3.05) is 6.61 Å². The average molecular weight is 188 g/mol. The maximum absolute atomic E-state index is 11.2. The highest BCUT2D eigenvalue weighted by Crippen LogP contribution is 2.13. The Morgan fingerprint density at radius 3 is 2.08 bits per heavy atom. The molecular formula is C8H16N2O3. The maximum atomic E-state index is 11.2. The summed E-state index contributed by atoms with van der Waals surface area (Å²) in [6.45, 7) is 7.00. The van der Waals surface area contributed by atoms with Crippen molar-refractivity contribution in [3.05, 3.63) is 0 Å². The molecule has 0 saturated heterocycles. The zero-order valence-electron chi connectivity index (χ0n) is 8.46. The second-order valence-corrected chi connectivity index (χ2v) is 3.54. The summed E-state index contributed by atoms with van der Waals surface area (Å²) >= 11 is 0. The van der Waals surface area contributed by atoms with Crippen molar-refractivity contribution < 1.29 is 14.3 Å². The zero-order chi connectivity index (χ0) is 10.6. The summed E-state index contributed by atoms with van der Waals surface area (Å²) in [4.78, 5) is 23.0. The maximum Gasteiger partial charge on any atom is 0.418 e. The Hall–Kier alpha value is -1.26. The first-order chi connectivity index (χ1) is 5.80. The van der Waals surface area contributed by atoms with Crippen LogP contribution >= 0.6 is 0 Å². The number of urea groups is 1. The van der Waals surface area contributed by atoms with Gasteiger partial charge in [0.25, 0.3) is 0 Å². The van der Waals surface area contributed by atoms with E-state index in [1.165, 1.54) is 0 Å². The highest BCUT2D eigenvalue weighted by molar-refractivity contribution is 5.90. The normalized spacial score (nSPS) is 10.8. The first-order valence-corrected chi connectivity index (χ1v) is 4.07. The van der Waals surface area contributed by atoms with Crippen LogP contribution in [-0.2, 0) is 4.74 Å². The van der Waals surface area contributed by atoms with Gasteiger partial charge in [-0.1, -0.05) is 0 Å². The molecule has 0 aromatic carbocycles. The van der Waals surface area contributed by atoms with E-state index in [1.807, 2.05) is 0 Å². The van der Waals surface area contributed by atoms with Gasteiger partial charge < -0.3 is 10.5 Å². The second kappa shape index (κ2) is 4.11. The Kier molecular flexibility index (Phi) is 3.71. The third-order valence-electron chi connectivity index (χ3n) is 1.34. The minimum absolute atomic E-state index is 0.221. The number of nitrogens with zero attached hydrogens (tertiary/aromatic N) is 1. The van der Waals surface area contributed by atoms with Gasteiger partial charge in [-0.05, 0) is 27.7 Å². The first-order valence-electron chi connectivity index (χ1n) is 4.07. The van der Waals surface area contributed by atoms with Crippen LogP contribution in [0.5, 0.6) is 0 Å². The molecule has 0 rings (SSSR count). The van der Waals surface area contributed by atoms with Crippen LogP contribution < -0.4 is 5.73 Å². The molecule has 0 aromatic heterocycles. The van der Waals surface area contributed by atoms with Crippen molar-refractivity contribution in [2.24, 2.45) is 5.73 Å². The van der Waals surface area contributed by atoms with Crippen LogP contribution in [0.25, 0.3) is 0 Å². The number of hydrogen-bond acceptors (Lipinski definition) is 3. The fourth-order valence-corrected chi connectivity index (χ4v) is 0.882. The minimum atomic E-state index is -0.800. The van der Waals surface area contributed by atoms with Crippen molar-refractivity contribution in [3.63, 3.8) is 0 Å². The molecule has 0 aliphatic rings. The Morgan fingerprint density at radius 2 is 1.85 bits per heavy atom. The lowest BCUT2D eigenvalue weighted by Gasteiger charge is -2.30. The van der Waals surface area contributed by atoms with Crippen molar-refractivity contribution in [1.82, 2.24) is 4.90 Å². The number of primary amides is 1. The van der Waals surface area contributed by atoms with E-state index in [2.05, 4.69) is 4.74 Å². The lowest BCUT2D eigenvalue weighted by Crippen LogP contribution is -2.52. The summed E-state index contributed by atoms with van der Waals surface area (Å²) < 4.78 is 4.68. The van der Waals surface area contributed by atoms with E-state index in [-0.39, 0.29) is 6.61 Å². The van der Waals surface area contributed by atoms with Crippen molar-refractivity contribution in [1.29, 1.82) is 0 Å². The molecule has 5 nitrogen and oxygen atoms in total. The number of carbonyl (C=O) groups is 2. The van der Waals surface area contributed by atoms with Crippen LogP contribution in [0, 0.1) is 0 Å². The van der Waals surface area contributed by atoms with E-state index < -0.39 is 17.7 Å². The topological polar surface area (TPSA) is 72.6 Å². The third kappa shape index (κ3) is 3.31.